The van der Waals surface area contributed by atoms with Crippen molar-refractivity contribution in [1.29, 1.82) is 0 Å². The van der Waals surface area contributed by atoms with Gasteiger partial charge in [0.25, 0.3) is 5.91 Å². The first-order valence-corrected chi connectivity index (χ1v) is 11.7. The molecule has 0 bridgehead atoms. The molecule has 2 aliphatic rings. The molecule has 2 aromatic carbocycles. The molecule has 4 rings (SSSR count). The number of hydrogen-bond donors (Lipinski definition) is 2. The average molecular weight is 482 g/mol. The van der Waals surface area contributed by atoms with Gasteiger partial charge < -0.3 is 29.7 Å². The number of carbonyl (C=O) groups excluding carboxylic acids is 3. The number of amides is 3. The highest BCUT2D eigenvalue weighted by atomic mass is 16.5. The van der Waals surface area contributed by atoms with Crippen LogP contribution in [0.25, 0.3) is 0 Å². The van der Waals surface area contributed by atoms with E-state index in [1.54, 1.807) is 30.1 Å². The fourth-order valence-corrected chi connectivity index (χ4v) is 4.71. The number of benzene rings is 2. The number of aryl methyl sites for hydroxylation is 2. The number of ether oxygens (including phenoxy) is 3. The van der Waals surface area contributed by atoms with Crippen molar-refractivity contribution in [3.63, 3.8) is 0 Å². The third kappa shape index (κ3) is 5.74. The molecule has 2 aromatic rings. The lowest BCUT2D eigenvalue weighted by Crippen LogP contribution is -2.53. The number of anilines is 2. The maximum absolute atomic E-state index is 13.3. The van der Waals surface area contributed by atoms with Gasteiger partial charge in [0, 0.05) is 18.4 Å². The minimum absolute atomic E-state index is 0.174. The van der Waals surface area contributed by atoms with E-state index in [9.17, 15) is 14.4 Å². The highest BCUT2D eigenvalue weighted by Crippen LogP contribution is 2.32. The van der Waals surface area contributed by atoms with Crippen LogP contribution < -0.4 is 15.4 Å². The molecular formula is C26H31N3O6. The van der Waals surface area contributed by atoms with Crippen molar-refractivity contribution in [2.45, 2.75) is 51.4 Å². The van der Waals surface area contributed by atoms with Crippen molar-refractivity contribution in [3.05, 3.63) is 53.1 Å². The predicted molar refractivity (Wildman–Crippen MR) is 131 cm³/mol. The van der Waals surface area contributed by atoms with Crippen molar-refractivity contribution < 1.29 is 28.6 Å². The molecular weight excluding hydrogens is 450 g/mol. The van der Waals surface area contributed by atoms with Crippen LogP contribution in [0.3, 0.4) is 0 Å². The van der Waals surface area contributed by atoms with E-state index in [2.05, 4.69) is 10.6 Å². The predicted octanol–water partition coefficient (Wildman–Crippen LogP) is 3.89. The SMILES string of the molecule is COC(=O)C[C@@H]1CC[C@@H]2[C@@H](COc3ccc(NC(=O)Nc4cc(C)cc(C)c4)cc3C(=O)N2C)O1. The van der Waals surface area contributed by atoms with E-state index in [1.807, 2.05) is 32.0 Å². The average Bonchev–Trinajstić information content (AvgIpc) is 2.81. The molecule has 186 valence electrons. The summed E-state index contributed by atoms with van der Waals surface area (Å²) in [5.41, 5.74) is 3.64. The van der Waals surface area contributed by atoms with Gasteiger partial charge in [0.15, 0.2) is 0 Å². The van der Waals surface area contributed by atoms with E-state index in [0.717, 1.165) is 11.1 Å². The van der Waals surface area contributed by atoms with Crippen molar-refractivity contribution in [3.8, 4) is 5.75 Å². The Morgan fingerprint density at radius 2 is 1.77 bits per heavy atom. The third-order valence-electron chi connectivity index (χ3n) is 6.37. The first-order chi connectivity index (χ1) is 16.7. The summed E-state index contributed by atoms with van der Waals surface area (Å²) in [4.78, 5) is 39.2. The van der Waals surface area contributed by atoms with Gasteiger partial charge in [-0.15, -0.1) is 0 Å². The first kappa shape index (κ1) is 24.5. The van der Waals surface area contributed by atoms with Gasteiger partial charge in [0.1, 0.15) is 18.5 Å². The molecule has 3 amide bonds. The Bertz CT molecular complexity index is 1110. The van der Waals surface area contributed by atoms with E-state index in [0.29, 0.717) is 35.5 Å². The molecule has 9 nitrogen and oxygen atoms in total. The molecule has 0 aliphatic carbocycles. The van der Waals surface area contributed by atoms with Crippen LogP contribution >= 0.6 is 0 Å². The second kappa shape index (κ2) is 10.4. The summed E-state index contributed by atoms with van der Waals surface area (Å²) in [5.74, 6) is -0.126. The van der Waals surface area contributed by atoms with E-state index in [1.165, 1.54) is 7.11 Å². The lowest BCUT2D eigenvalue weighted by atomic mass is 9.94. The molecule has 35 heavy (non-hydrogen) atoms. The Morgan fingerprint density at radius 3 is 2.49 bits per heavy atom. The standard InChI is InChI=1S/C26H31N3O6/c1-15-9-16(2)11-18(10-15)28-26(32)27-17-5-8-22-20(12-17)25(31)29(3)21-7-6-19(13-24(30)33-4)35-23(21)14-34-22/h5,8-12,19,21,23H,6-7,13-14H2,1-4H3,(H2,27,28,32)/t19-,21+,23+/m0/s1. The highest BCUT2D eigenvalue weighted by molar-refractivity contribution is 6.02. The number of fused-ring (bicyclic) bond motifs is 2. The minimum atomic E-state index is -0.403. The number of methoxy groups -OCH3 is 1. The summed E-state index contributed by atoms with van der Waals surface area (Å²) in [7, 11) is 3.10. The van der Waals surface area contributed by atoms with Gasteiger partial charge in [-0.2, -0.15) is 0 Å². The summed E-state index contributed by atoms with van der Waals surface area (Å²) in [5, 5.41) is 5.62. The van der Waals surface area contributed by atoms with Gasteiger partial charge in [-0.25, -0.2) is 4.79 Å². The van der Waals surface area contributed by atoms with Crippen LogP contribution in [0.1, 0.15) is 40.7 Å². The third-order valence-corrected chi connectivity index (χ3v) is 6.37. The van der Waals surface area contributed by atoms with E-state index >= 15 is 0 Å². The maximum atomic E-state index is 13.3. The Labute approximate surface area is 204 Å². The van der Waals surface area contributed by atoms with Crippen LogP contribution in [0.2, 0.25) is 0 Å². The lowest BCUT2D eigenvalue weighted by molar-refractivity contribution is -0.151. The zero-order valence-electron chi connectivity index (χ0n) is 20.4. The Balaban J connectivity index is 1.47. The van der Waals surface area contributed by atoms with Crippen molar-refractivity contribution in [2.24, 2.45) is 0 Å². The molecule has 1 saturated heterocycles. The first-order valence-electron chi connectivity index (χ1n) is 11.7. The molecule has 0 radical (unpaired) electrons. The summed E-state index contributed by atoms with van der Waals surface area (Å²) in [6.07, 6.45) is 0.872. The molecule has 2 heterocycles. The molecule has 0 saturated carbocycles. The monoisotopic (exact) mass is 481 g/mol. The fourth-order valence-electron chi connectivity index (χ4n) is 4.71. The number of hydrogen-bond acceptors (Lipinski definition) is 6. The molecule has 0 spiro atoms. The lowest BCUT2D eigenvalue weighted by Gasteiger charge is -2.42. The van der Waals surface area contributed by atoms with E-state index in [4.69, 9.17) is 14.2 Å². The number of nitrogens with zero attached hydrogens (tertiary/aromatic N) is 1. The molecule has 2 aliphatic heterocycles. The van der Waals surface area contributed by atoms with Crippen LogP contribution in [0.5, 0.6) is 5.75 Å². The summed E-state index contributed by atoms with van der Waals surface area (Å²) in [6, 6.07) is 10.2. The van der Waals surface area contributed by atoms with Crippen LogP contribution in [0.4, 0.5) is 16.2 Å². The number of nitrogens with one attached hydrogen (secondary N) is 2. The second-order valence-electron chi connectivity index (χ2n) is 9.12. The number of esters is 1. The molecule has 2 N–H and O–H groups in total. The number of urea groups is 1. The van der Waals surface area contributed by atoms with Crippen LogP contribution in [0.15, 0.2) is 36.4 Å². The molecule has 0 aromatic heterocycles. The van der Waals surface area contributed by atoms with Crippen molar-refractivity contribution in [1.82, 2.24) is 4.90 Å². The minimum Gasteiger partial charge on any atom is -0.490 e. The number of likely N-dealkylation sites (N-methyl/N-ethyl adjacent to an activating group) is 1. The van der Waals surface area contributed by atoms with Crippen LogP contribution in [-0.2, 0) is 14.3 Å². The van der Waals surface area contributed by atoms with Crippen molar-refractivity contribution >= 4 is 29.3 Å². The molecule has 1 fully saturated rings. The molecule has 0 unspecified atom stereocenters. The normalized spacial score (nSPS) is 21.5. The maximum Gasteiger partial charge on any atom is 0.323 e. The van der Waals surface area contributed by atoms with Gasteiger partial charge in [-0.1, -0.05) is 6.07 Å². The van der Waals surface area contributed by atoms with E-state index in [-0.39, 0.29) is 43.2 Å². The summed E-state index contributed by atoms with van der Waals surface area (Å²) in [6.45, 7) is 4.18. The van der Waals surface area contributed by atoms with Gasteiger partial charge in [0.2, 0.25) is 0 Å². The Morgan fingerprint density at radius 1 is 1.06 bits per heavy atom. The summed E-state index contributed by atoms with van der Waals surface area (Å²) >= 11 is 0. The van der Waals surface area contributed by atoms with Gasteiger partial charge >= 0.3 is 12.0 Å². The highest BCUT2D eigenvalue weighted by Gasteiger charge is 2.39. The molecule has 3 atom stereocenters. The quantitative estimate of drug-likeness (QED) is 0.642. The van der Waals surface area contributed by atoms with Gasteiger partial charge in [-0.05, 0) is 68.1 Å². The largest absolute Gasteiger partial charge is 0.490 e. The topological polar surface area (TPSA) is 106 Å². The number of carbonyl (C=O) groups is 3. The zero-order chi connectivity index (χ0) is 25.1. The Kier molecular flexibility index (Phi) is 7.25. The van der Waals surface area contributed by atoms with Crippen molar-refractivity contribution in [2.75, 3.05) is 31.4 Å². The van der Waals surface area contributed by atoms with E-state index < -0.39 is 6.03 Å². The molecule has 9 heteroatoms. The number of rotatable bonds is 4. The smallest absolute Gasteiger partial charge is 0.323 e. The van der Waals surface area contributed by atoms with Gasteiger partial charge in [-0.3, -0.25) is 9.59 Å². The second-order valence-corrected chi connectivity index (χ2v) is 9.12. The Hall–Kier alpha value is -3.59. The zero-order valence-corrected chi connectivity index (χ0v) is 20.4. The van der Waals surface area contributed by atoms with Crippen LogP contribution in [-0.4, -0.2) is 61.8 Å². The summed E-state index contributed by atoms with van der Waals surface area (Å²) < 4.78 is 16.8. The fraction of sp³-hybridized carbons (Fsp3) is 0.423. The van der Waals surface area contributed by atoms with Gasteiger partial charge in [0.05, 0.1) is 31.2 Å². The van der Waals surface area contributed by atoms with Crippen LogP contribution in [0, 0.1) is 13.8 Å².